The minimum atomic E-state index is -4.14. The van der Waals surface area contributed by atoms with Crippen LogP contribution in [0.4, 0.5) is 10.7 Å². The number of imidazole rings is 1. The maximum absolute atomic E-state index is 14.0. The molecule has 0 spiro atoms. The Bertz CT molecular complexity index is 1610. The third-order valence-electron chi connectivity index (χ3n) is 7.68. The average Bonchev–Trinajstić information content (AvgIpc) is 3.70. The van der Waals surface area contributed by atoms with E-state index in [1.165, 1.54) is 29.6 Å². The van der Waals surface area contributed by atoms with E-state index in [0.717, 1.165) is 18.5 Å². The van der Waals surface area contributed by atoms with Crippen molar-refractivity contribution >= 4 is 44.9 Å². The largest absolute Gasteiger partial charge is 0.453 e. The molecule has 0 bridgehead atoms. The predicted molar refractivity (Wildman–Crippen MR) is 172 cm³/mol. The molecule has 2 aromatic carbocycles. The molecule has 4 atom stereocenters. The standard InChI is InChI=1S/C31H43N7O7S/c1-19(2)17-38(46(43,44)22-12-13-23-25(16-22)36-30(35-23)37-31(42)45-4)18-27(39)26(15-21-9-6-5-7-10-21)34-28(40)20(3)33-29(41)24-11-8-14-32-24/h5-7,9-10,12-13,16,19-20,24,26-27,32,39H,8,11,14-15,17-18H2,1-4H3,(H,33,41)(H,34,40)(H2,35,36,37,42)/t20-,24-,26-,27?/m0/s1. The zero-order valence-corrected chi connectivity index (χ0v) is 27.3. The molecule has 1 unspecified atom stereocenters. The number of rotatable bonds is 14. The van der Waals surface area contributed by atoms with Crippen molar-refractivity contribution in [3.05, 3.63) is 54.1 Å². The van der Waals surface area contributed by atoms with Crippen LogP contribution in [0.1, 0.15) is 39.2 Å². The van der Waals surface area contributed by atoms with Crippen LogP contribution in [-0.2, 0) is 30.8 Å². The molecule has 0 radical (unpaired) electrons. The van der Waals surface area contributed by atoms with Crippen molar-refractivity contribution in [3.63, 3.8) is 0 Å². The molecule has 250 valence electrons. The van der Waals surface area contributed by atoms with Gasteiger partial charge in [0, 0.05) is 13.1 Å². The summed E-state index contributed by atoms with van der Waals surface area (Å²) in [6, 6.07) is 11.5. The number of aliphatic hydroxyl groups is 1. The zero-order valence-electron chi connectivity index (χ0n) is 26.4. The van der Waals surface area contributed by atoms with Crippen molar-refractivity contribution in [2.45, 2.75) is 69.2 Å². The lowest BCUT2D eigenvalue weighted by atomic mass is 10.0. The maximum atomic E-state index is 14.0. The number of hydrogen-bond acceptors (Lipinski definition) is 9. The van der Waals surface area contributed by atoms with Crippen LogP contribution in [0.15, 0.2) is 53.4 Å². The number of fused-ring (bicyclic) bond motifs is 1. The van der Waals surface area contributed by atoms with Crippen molar-refractivity contribution in [1.29, 1.82) is 0 Å². The molecule has 2 heterocycles. The maximum Gasteiger partial charge on any atom is 0.413 e. The Morgan fingerprint density at radius 2 is 1.83 bits per heavy atom. The first-order valence-electron chi connectivity index (χ1n) is 15.3. The second-order valence-corrected chi connectivity index (χ2v) is 13.8. The quantitative estimate of drug-likeness (QED) is 0.150. The number of hydrogen-bond donors (Lipinski definition) is 6. The molecule has 6 N–H and O–H groups in total. The van der Waals surface area contributed by atoms with Crippen molar-refractivity contribution < 1.29 is 32.6 Å². The number of methoxy groups -OCH3 is 1. The number of sulfonamides is 1. The summed E-state index contributed by atoms with van der Waals surface area (Å²) >= 11 is 0. The van der Waals surface area contributed by atoms with Gasteiger partial charge in [-0.2, -0.15) is 4.31 Å². The number of nitrogens with one attached hydrogen (secondary N) is 5. The summed E-state index contributed by atoms with van der Waals surface area (Å²) in [5, 5.41) is 22.6. The number of anilines is 1. The van der Waals surface area contributed by atoms with Crippen LogP contribution >= 0.6 is 0 Å². The first kappa shape index (κ1) is 34.8. The summed E-state index contributed by atoms with van der Waals surface area (Å²) in [7, 11) is -2.93. The molecule has 1 aliphatic heterocycles. The van der Waals surface area contributed by atoms with Crippen molar-refractivity contribution in [3.8, 4) is 0 Å². The molecule has 3 aromatic rings. The molecule has 4 rings (SSSR count). The third-order valence-corrected chi connectivity index (χ3v) is 9.50. The molecular formula is C31H43N7O7S. The lowest BCUT2D eigenvalue weighted by Gasteiger charge is -2.31. The summed E-state index contributed by atoms with van der Waals surface area (Å²) in [5.74, 6) is -0.756. The van der Waals surface area contributed by atoms with Gasteiger partial charge < -0.3 is 30.8 Å². The number of amides is 3. The van der Waals surface area contributed by atoms with Crippen LogP contribution < -0.4 is 21.3 Å². The minimum absolute atomic E-state index is 0.0402. The Kier molecular flexibility index (Phi) is 11.7. The monoisotopic (exact) mass is 657 g/mol. The highest BCUT2D eigenvalue weighted by Crippen LogP contribution is 2.24. The Hall–Kier alpha value is -4.05. The highest BCUT2D eigenvalue weighted by Gasteiger charge is 2.33. The highest BCUT2D eigenvalue weighted by atomic mass is 32.2. The van der Waals surface area contributed by atoms with Gasteiger partial charge in [0.2, 0.25) is 27.8 Å². The van der Waals surface area contributed by atoms with Gasteiger partial charge in [0.1, 0.15) is 6.04 Å². The van der Waals surface area contributed by atoms with Crippen molar-refractivity contribution in [1.82, 2.24) is 30.2 Å². The van der Waals surface area contributed by atoms with Gasteiger partial charge in [-0.1, -0.05) is 44.2 Å². The first-order chi connectivity index (χ1) is 21.9. The van der Waals surface area contributed by atoms with Crippen molar-refractivity contribution in [2.24, 2.45) is 5.92 Å². The Morgan fingerprint density at radius 1 is 1.09 bits per heavy atom. The van der Waals surface area contributed by atoms with E-state index in [2.05, 4.69) is 36.0 Å². The highest BCUT2D eigenvalue weighted by molar-refractivity contribution is 7.89. The van der Waals surface area contributed by atoms with E-state index >= 15 is 0 Å². The molecule has 14 nitrogen and oxygen atoms in total. The second kappa shape index (κ2) is 15.5. The van der Waals surface area contributed by atoms with Gasteiger partial charge in [-0.05, 0) is 62.4 Å². The van der Waals surface area contributed by atoms with Gasteiger partial charge in [-0.15, -0.1) is 0 Å². The summed E-state index contributed by atoms with van der Waals surface area (Å²) < 4.78 is 33.8. The number of benzene rings is 2. The minimum Gasteiger partial charge on any atom is -0.453 e. The number of aliphatic hydroxyl groups excluding tert-OH is 1. The van der Waals surface area contributed by atoms with E-state index in [-0.39, 0.29) is 48.2 Å². The molecule has 0 saturated carbocycles. The van der Waals surface area contributed by atoms with E-state index in [9.17, 15) is 27.9 Å². The zero-order chi connectivity index (χ0) is 33.4. The molecule has 1 aliphatic rings. The number of H-pyrrole nitrogens is 1. The fourth-order valence-electron chi connectivity index (χ4n) is 5.27. The number of carbonyl (C=O) groups is 3. The smallest absolute Gasteiger partial charge is 0.413 e. The molecule has 1 fully saturated rings. The Morgan fingerprint density at radius 3 is 2.48 bits per heavy atom. The summed E-state index contributed by atoms with van der Waals surface area (Å²) in [5.41, 5.74) is 1.63. The first-order valence-corrected chi connectivity index (χ1v) is 16.7. The Labute approximate surface area is 268 Å². The molecular weight excluding hydrogens is 614 g/mol. The molecule has 1 saturated heterocycles. The van der Waals surface area contributed by atoms with E-state index in [0.29, 0.717) is 17.5 Å². The van der Waals surface area contributed by atoms with Crippen LogP contribution in [0.25, 0.3) is 11.0 Å². The van der Waals surface area contributed by atoms with Crippen LogP contribution in [0.2, 0.25) is 0 Å². The molecule has 3 amide bonds. The number of ether oxygens (including phenoxy) is 1. The molecule has 15 heteroatoms. The van der Waals surface area contributed by atoms with Gasteiger partial charge in [0.25, 0.3) is 0 Å². The SMILES string of the molecule is COC(=O)Nc1nc2ccc(S(=O)(=O)N(CC(C)C)CC(O)[C@H](Cc3ccccc3)NC(=O)[C@H](C)NC(=O)[C@@H]3CCCN3)cc2[nH]1. The van der Waals surface area contributed by atoms with Gasteiger partial charge in [-0.3, -0.25) is 14.9 Å². The number of aromatic amines is 1. The number of carbonyl (C=O) groups excluding carboxylic acids is 3. The van der Waals surface area contributed by atoms with Crippen molar-refractivity contribution in [2.75, 3.05) is 32.1 Å². The van der Waals surface area contributed by atoms with Gasteiger partial charge in [0.15, 0.2) is 0 Å². The van der Waals surface area contributed by atoms with Crippen LogP contribution in [0, 0.1) is 5.92 Å². The van der Waals surface area contributed by atoms with E-state index < -0.39 is 40.2 Å². The fourth-order valence-corrected chi connectivity index (χ4v) is 6.91. The molecule has 1 aromatic heterocycles. The van der Waals surface area contributed by atoms with Crippen LogP contribution in [0.3, 0.4) is 0 Å². The van der Waals surface area contributed by atoms with E-state index in [1.807, 2.05) is 44.2 Å². The van der Waals surface area contributed by atoms with E-state index in [4.69, 9.17) is 0 Å². The molecule has 0 aliphatic carbocycles. The van der Waals surface area contributed by atoms with Crippen LogP contribution in [0.5, 0.6) is 0 Å². The third kappa shape index (κ3) is 9.02. The Balaban J connectivity index is 1.55. The normalized spacial score (nSPS) is 17.1. The average molecular weight is 658 g/mol. The van der Waals surface area contributed by atoms with E-state index in [1.54, 1.807) is 6.92 Å². The molecule has 46 heavy (non-hydrogen) atoms. The lowest BCUT2D eigenvalue weighted by molar-refractivity contribution is -0.130. The van der Waals surface area contributed by atoms with Gasteiger partial charge in [-0.25, -0.2) is 18.2 Å². The lowest BCUT2D eigenvalue weighted by Crippen LogP contribution is -2.56. The second-order valence-electron chi connectivity index (χ2n) is 11.8. The summed E-state index contributed by atoms with van der Waals surface area (Å²) in [6.07, 6.45) is -0.241. The summed E-state index contributed by atoms with van der Waals surface area (Å²) in [4.78, 5) is 44.5. The van der Waals surface area contributed by atoms with Gasteiger partial charge >= 0.3 is 6.09 Å². The van der Waals surface area contributed by atoms with Gasteiger partial charge in [0.05, 0.1) is 41.2 Å². The summed E-state index contributed by atoms with van der Waals surface area (Å²) in [6.45, 7) is 5.84. The topological polar surface area (TPSA) is 195 Å². The number of aromatic nitrogens is 2. The van der Waals surface area contributed by atoms with Crippen LogP contribution in [-0.4, -0.2) is 96.7 Å². The number of nitrogens with zero attached hydrogens (tertiary/aromatic N) is 2. The predicted octanol–water partition coefficient (Wildman–Crippen LogP) is 1.73. The fraction of sp³-hybridized carbons (Fsp3) is 0.484.